The molecule has 1 aromatic rings. The molecule has 5 nitrogen and oxygen atoms in total. The van der Waals surface area contributed by atoms with E-state index in [1.807, 2.05) is 30.3 Å². The van der Waals surface area contributed by atoms with Crippen molar-refractivity contribution in [3.05, 3.63) is 35.9 Å². The van der Waals surface area contributed by atoms with Gasteiger partial charge in [-0.1, -0.05) is 51.1 Å². The SMILES string of the molecule is CC[Si](CC)(CC)OCC(=O)N1C(=O)OCC1Cc1ccccc1. The largest absolute Gasteiger partial charge is 0.447 e. The molecule has 24 heavy (non-hydrogen) atoms. The van der Waals surface area contributed by atoms with Crippen LogP contribution in [-0.4, -0.2) is 44.5 Å². The average Bonchev–Trinajstić information content (AvgIpc) is 2.98. The van der Waals surface area contributed by atoms with E-state index < -0.39 is 14.4 Å². The summed E-state index contributed by atoms with van der Waals surface area (Å²) < 4.78 is 11.1. The van der Waals surface area contributed by atoms with Gasteiger partial charge in [0.1, 0.15) is 13.2 Å². The molecule has 1 fully saturated rings. The maximum atomic E-state index is 12.6. The average molecular weight is 350 g/mol. The number of hydrogen-bond acceptors (Lipinski definition) is 4. The first kappa shape index (κ1) is 18.7. The second kappa shape index (κ2) is 8.44. The number of carbonyl (C=O) groups is 2. The highest BCUT2D eigenvalue weighted by molar-refractivity contribution is 6.73. The third-order valence-corrected chi connectivity index (χ3v) is 9.60. The Morgan fingerprint density at radius 2 is 1.83 bits per heavy atom. The van der Waals surface area contributed by atoms with Crippen LogP contribution in [0, 0.1) is 0 Å². The predicted molar refractivity (Wildman–Crippen MR) is 95.3 cm³/mol. The summed E-state index contributed by atoms with van der Waals surface area (Å²) in [6.07, 6.45) is 0.0530. The van der Waals surface area contributed by atoms with Crippen molar-refractivity contribution >= 4 is 20.3 Å². The number of nitrogens with zero attached hydrogens (tertiary/aromatic N) is 1. The predicted octanol–water partition coefficient (Wildman–Crippen LogP) is 3.60. The van der Waals surface area contributed by atoms with E-state index in [0.717, 1.165) is 23.7 Å². The van der Waals surface area contributed by atoms with E-state index in [0.29, 0.717) is 6.42 Å². The summed E-state index contributed by atoms with van der Waals surface area (Å²) in [6.45, 7) is 6.57. The number of rotatable bonds is 8. The van der Waals surface area contributed by atoms with Gasteiger partial charge in [0.25, 0.3) is 5.91 Å². The van der Waals surface area contributed by atoms with Crippen molar-refractivity contribution in [2.75, 3.05) is 13.2 Å². The molecule has 0 aromatic heterocycles. The lowest BCUT2D eigenvalue weighted by molar-refractivity contribution is -0.131. The van der Waals surface area contributed by atoms with Gasteiger partial charge in [0, 0.05) is 0 Å². The lowest BCUT2D eigenvalue weighted by atomic mass is 10.1. The molecule has 0 aliphatic carbocycles. The van der Waals surface area contributed by atoms with E-state index >= 15 is 0 Å². The highest BCUT2D eigenvalue weighted by Crippen LogP contribution is 2.23. The molecule has 0 radical (unpaired) electrons. The molecule has 1 aliphatic rings. The molecule has 2 amide bonds. The number of carbonyl (C=O) groups excluding carboxylic acids is 2. The topological polar surface area (TPSA) is 55.8 Å². The van der Waals surface area contributed by atoms with Gasteiger partial charge in [-0.3, -0.25) is 4.79 Å². The lowest BCUT2D eigenvalue weighted by Crippen LogP contribution is -2.45. The molecule has 132 valence electrons. The molecule has 0 spiro atoms. The summed E-state index contributed by atoms with van der Waals surface area (Å²) in [4.78, 5) is 25.8. The summed E-state index contributed by atoms with van der Waals surface area (Å²) in [5, 5.41) is 0. The van der Waals surface area contributed by atoms with Gasteiger partial charge in [0.2, 0.25) is 0 Å². The van der Waals surface area contributed by atoms with Gasteiger partial charge >= 0.3 is 6.09 Å². The van der Waals surface area contributed by atoms with E-state index in [4.69, 9.17) is 9.16 Å². The molecule has 0 bridgehead atoms. The fourth-order valence-corrected chi connectivity index (χ4v) is 5.69. The minimum absolute atomic E-state index is 0.0257. The lowest BCUT2D eigenvalue weighted by Gasteiger charge is -2.29. The maximum Gasteiger partial charge on any atom is 0.417 e. The van der Waals surface area contributed by atoms with Gasteiger partial charge in [-0.2, -0.15) is 0 Å². The Labute approximate surface area is 145 Å². The minimum Gasteiger partial charge on any atom is -0.447 e. The van der Waals surface area contributed by atoms with Crippen LogP contribution >= 0.6 is 0 Å². The van der Waals surface area contributed by atoms with Crippen molar-refractivity contribution in [2.45, 2.75) is 51.4 Å². The van der Waals surface area contributed by atoms with E-state index in [1.54, 1.807) is 0 Å². The fraction of sp³-hybridized carbons (Fsp3) is 0.556. The molecule has 1 heterocycles. The van der Waals surface area contributed by atoms with Crippen LogP contribution in [-0.2, 0) is 20.4 Å². The van der Waals surface area contributed by atoms with Crippen LogP contribution < -0.4 is 0 Å². The number of imide groups is 1. The molecule has 1 unspecified atom stereocenters. The molecule has 6 heteroatoms. The number of hydrogen-bond donors (Lipinski definition) is 0. The maximum absolute atomic E-state index is 12.6. The van der Waals surface area contributed by atoms with Crippen LogP contribution in [0.2, 0.25) is 18.1 Å². The number of ether oxygens (including phenoxy) is 1. The fourth-order valence-electron chi connectivity index (χ4n) is 3.14. The summed E-state index contributed by atoms with van der Waals surface area (Å²) in [5.74, 6) is -0.286. The van der Waals surface area contributed by atoms with Gasteiger partial charge < -0.3 is 9.16 Å². The van der Waals surface area contributed by atoms with Crippen molar-refractivity contribution in [2.24, 2.45) is 0 Å². The molecule has 2 rings (SSSR count). The standard InChI is InChI=1S/C18H27NO4Si/c1-4-24(5-2,6-3)23-14-17(20)19-16(13-22-18(19)21)12-15-10-8-7-9-11-15/h7-11,16H,4-6,12-14H2,1-3H3. The van der Waals surface area contributed by atoms with Crippen molar-refractivity contribution in [3.8, 4) is 0 Å². The Balaban J connectivity index is 2.01. The first-order chi connectivity index (χ1) is 11.5. The van der Waals surface area contributed by atoms with E-state index in [1.165, 1.54) is 4.90 Å². The highest BCUT2D eigenvalue weighted by atomic mass is 28.4. The van der Waals surface area contributed by atoms with Crippen molar-refractivity contribution in [1.29, 1.82) is 0 Å². The number of cyclic esters (lactones) is 1. The summed E-state index contributed by atoms with van der Waals surface area (Å²) in [5.41, 5.74) is 1.08. The van der Waals surface area contributed by atoms with Crippen LogP contribution in [0.15, 0.2) is 30.3 Å². The van der Waals surface area contributed by atoms with Crippen molar-refractivity contribution < 1.29 is 18.8 Å². The number of benzene rings is 1. The summed E-state index contributed by atoms with van der Waals surface area (Å²) >= 11 is 0. The Morgan fingerprint density at radius 3 is 2.42 bits per heavy atom. The first-order valence-electron chi connectivity index (χ1n) is 8.72. The summed E-state index contributed by atoms with van der Waals surface area (Å²) in [7, 11) is -1.85. The Kier molecular flexibility index (Phi) is 6.57. The van der Waals surface area contributed by atoms with Crippen molar-refractivity contribution in [3.63, 3.8) is 0 Å². The van der Waals surface area contributed by atoms with Crippen molar-refractivity contribution in [1.82, 2.24) is 4.90 Å². The third-order valence-electron chi connectivity index (χ3n) is 4.98. The second-order valence-electron chi connectivity index (χ2n) is 6.22. The Hall–Kier alpha value is -1.66. The van der Waals surface area contributed by atoms with Gasteiger partial charge in [0.15, 0.2) is 8.32 Å². The molecule has 0 saturated carbocycles. The molecular formula is C18H27NO4Si. The van der Waals surface area contributed by atoms with E-state index in [2.05, 4.69) is 20.8 Å². The molecular weight excluding hydrogens is 322 g/mol. The van der Waals surface area contributed by atoms with Crippen LogP contribution in [0.5, 0.6) is 0 Å². The molecule has 1 atom stereocenters. The van der Waals surface area contributed by atoms with Gasteiger partial charge in [-0.15, -0.1) is 0 Å². The zero-order valence-electron chi connectivity index (χ0n) is 14.8. The Bertz CT molecular complexity index is 551. The first-order valence-corrected chi connectivity index (χ1v) is 11.2. The van der Waals surface area contributed by atoms with Gasteiger partial charge in [-0.05, 0) is 30.1 Å². The quantitative estimate of drug-likeness (QED) is 0.673. The second-order valence-corrected chi connectivity index (χ2v) is 11.0. The van der Waals surface area contributed by atoms with Crippen LogP contribution in [0.25, 0.3) is 0 Å². The minimum atomic E-state index is -1.85. The smallest absolute Gasteiger partial charge is 0.417 e. The van der Waals surface area contributed by atoms with Crippen LogP contribution in [0.4, 0.5) is 4.79 Å². The zero-order chi connectivity index (χ0) is 17.6. The third kappa shape index (κ3) is 4.24. The van der Waals surface area contributed by atoms with Crippen LogP contribution in [0.1, 0.15) is 26.3 Å². The molecule has 1 aliphatic heterocycles. The van der Waals surface area contributed by atoms with E-state index in [9.17, 15) is 9.59 Å². The van der Waals surface area contributed by atoms with Crippen LogP contribution in [0.3, 0.4) is 0 Å². The van der Waals surface area contributed by atoms with E-state index in [-0.39, 0.29) is 25.2 Å². The Morgan fingerprint density at radius 1 is 1.21 bits per heavy atom. The molecule has 0 N–H and O–H groups in total. The normalized spacial score (nSPS) is 17.9. The highest BCUT2D eigenvalue weighted by Gasteiger charge is 2.39. The monoisotopic (exact) mass is 349 g/mol. The molecule has 1 aromatic carbocycles. The number of amides is 2. The summed E-state index contributed by atoms with van der Waals surface area (Å²) in [6, 6.07) is 12.5. The van der Waals surface area contributed by atoms with Gasteiger partial charge in [0.05, 0.1) is 6.04 Å². The van der Waals surface area contributed by atoms with Gasteiger partial charge in [-0.25, -0.2) is 9.69 Å². The molecule has 1 saturated heterocycles. The zero-order valence-corrected chi connectivity index (χ0v) is 15.8.